The minimum atomic E-state index is -2.70. The first-order valence-electron chi connectivity index (χ1n) is 6.25. The van der Waals surface area contributed by atoms with Gasteiger partial charge in [-0.3, -0.25) is 4.90 Å². The molecule has 0 unspecified atom stereocenters. The Morgan fingerprint density at radius 2 is 1.83 bits per heavy atom. The Hall–Kier alpha value is -1.00. The first-order chi connectivity index (χ1) is 8.44. The second-order valence-electron chi connectivity index (χ2n) is 4.87. The van der Waals surface area contributed by atoms with E-state index in [-0.39, 0.29) is 19.1 Å². The van der Waals surface area contributed by atoms with Crippen molar-refractivity contribution in [3.8, 4) is 0 Å². The van der Waals surface area contributed by atoms with E-state index in [2.05, 4.69) is 5.32 Å². The summed E-state index contributed by atoms with van der Waals surface area (Å²) in [7, 11) is 1.55. The van der Waals surface area contributed by atoms with Crippen molar-refractivity contribution in [3.05, 3.63) is 35.9 Å². The van der Waals surface area contributed by atoms with E-state index in [1.165, 1.54) is 0 Å². The molecule has 1 N–H and O–H groups in total. The second kappa shape index (κ2) is 6.81. The first kappa shape index (κ1) is 15.1. The molecular formula is C14H22F2N2. The summed E-state index contributed by atoms with van der Waals surface area (Å²) in [5.74, 6) is -2.70. The van der Waals surface area contributed by atoms with Gasteiger partial charge < -0.3 is 5.32 Å². The fourth-order valence-corrected chi connectivity index (χ4v) is 1.85. The van der Waals surface area contributed by atoms with Gasteiger partial charge in [0.15, 0.2) is 0 Å². The van der Waals surface area contributed by atoms with Gasteiger partial charge in [-0.1, -0.05) is 30.3 Å². The Balaban J connectivity index is 2.66. The quantitative estimate of drug-likeness (QED) is 0.807. The van der Waals surface area contributed by atoms with Crippen molar-refractivity contribution in [2.24, 2.45) is 0 Å². The van der Waals surface area contributed by atoms with Gasteiger partial charge in [-0.15, -0.1) is 0 Å². The molecule has 0 amide bonds. The monoisotopic (exact) mass is 256 g/mol. The van der Waals surface area contributed by atoms with Crippen LogP contribution in [0.1, 0.15) is 19.4 Å². The zero-order valence-electron chi connectivity index (χ0n) is 11.3. The number of halogens is 2. The summed E-state index contributed by atoms with van der Waals surface area (Å²) in [5, 5.41) is 2.54. The van der Waals surface area contributed by atoms with Crippen LogP contribution in [0.2, 0.25) is 0 Å². The van der Waals surface area contributed by atoms with E-state index < -0.39 is 5.92 Å². The topological polar surface area (TPSA) is 15.3 Å². The van der Waals surface area contributed by atoms with E-state index in [0.29, 0.717) is 6.54 Å². The van der Waals surface area contributed by atoms with Crippen LogP contribution in [0, 0.1) is 0 Å². The fourth-order valence-electron chi connectivity index (χ4n) is 1.85. The predicted molar refractivity (Wildman–Crippen MR) is 70.9 cm³/mol. The summed E-state index contributed by atoms with van der Waals surface area (Å²) < 4.78 is 27.3. The molecule has 102 valence electrons. The van der Waals surface area contributed by atoms with E-state index >= 15 is 0 Å². The highest BCUT2D eigenvalue weighted by Crippen LogP contribution is 2.18. The molecule has 1 aromatic carbocycles. The molecule has 0 aliphatic heterocycles. The van der Waals surface area contributed by atoms with Gasteiger partial charge in [-0.2, -0.15) is 0 Å². The Labute approximate surface area is 108 Å². The molecular weight excluding hydrogens is 234 g/mol. The average Bonchev–Trinajstić information content (AvgIpc) is 2.29. The Morgan fingerprint density at radius 3 is 2.33 bits per heavy atom. The van der Waals surface area contributed by atoms with Gasteiger partial charge in [-0.25, -0.2) is 8.78 Å². The molecule has 0 radical (unpaired) electrons. The lowest BCUT2D eigenvalue weighted by molar-refractivity contribution is -0.0386. The molecule has 0 saturated carbocycles. The summed E-state index contributed by atoms with van der Waals surface area (Å²) in [4.78, 5) is 1.80. The number of hydrogen-bond acceptors (Lipinski definition) is 2. The summed E-state index contributed by atoms with van der Waals surface area (Å²) >= 11 is 0. The lowest BCUT2D eigenvalue weighted by Crippen LogP contribution is -2.45. The molecule has 18 heavy (non-hydrogen) atoms. The summed E-state index contributed by atoms with van der Waals surface area (Å²) in [6, 6.07) is 9.81. The molecule has 0 fully saturated rings. The van der Waals surface area contributed by atoms with Crippen molar-refractivity contribution in [2.75, 3.05) is 20.1 Å². The number of rotatable bonds is 7. The fraction of sp³-hybridized carbons (Fsp3) is 0.571. The van der Waals surface area contributed by atoms with Crippen molar-refractivity contribution in [1.29, 1.82) is 0 Å². The lowest BCUT2D eigenvalue weighted by atomic mass is 10.1. The van der Waals surface area contributed by atoms with Gasteiger partial charge in [0, 0.05) is 12.6 Å². The zero-order chi connectivity index (χ0) is 13.6. The number of alkyl halides is 2. The summed E-state index contributed by atoms with van der Waals surface area (Å²) in [6.45, 7) is 3.93. The molecule has 0 saturated heterocycles. The van der Waals surface area contributed by atoms with Crippen LogP contribution in [-0.2, 0) is 6.54 Å². The predicted octanol–water partition coefficient (Wildman–Crippen LogP) is 2.75. The summed E-state index contributed by atoms with van der Waals surface area (Å²) in [5.41, 5.74) is 1.06. The van der Waals surface area contributed by atoms with Gasteiger partial charge in [0.1, 0.15) is 0 Å². The van der Waals surface area contributed by atoms with Crippen LogP contribution in [0.25, 0.3) is 0 Å². The van der Waals surface area contributed by atoms with Crippen LogP contribution in [-0.4, -0.2) is 37.0 Å². The van der Waals surface area contributed by atoms with Gasteiger partial charge >= 0.3 is 0 Å². The molecule has 0 bridgehead atoms. The summed E-state index contributed by atoms with van der Waals surface area (Å²) in [6.07, 6.45) is 0. The minimum absolute atomic E-state index is 0.0907. The Morgan fingerprint density at radius 1 is 1.22 bits per heavy atom. The first-order valence-corrected chi connectivity index (χ1v) is 6.25. The maximum atomic E-state index is 13.6. The van der Waals surface area contributed by atoms with Crippen molar-refractivity contribution in [3.63, 3.8) is 0 Å². The van der Waals surface area contributed by atoms with Crippen molar-refractivity contribution < 1.29 is 8.78 Å². The maximum absolute atomic E-state index is 13.6. The molecule has 2 nitrogen and oxygen atoms in total. The third-order valence-electron chi connectivity index (χ3n) is 2.83. The molecule has 0 spiro atoms. The Bertz CT molecular complexity index is 339. The smallest absolute Gasteiger partial charge is 0.272 e. The normalized spacial score (nSPS) is 12.4. The third-order valence-corrected chi connectivity index (χ3v) is 2.83. The van der Waals surface area contributed by atoms with E-state index in [0.717, 1.165) is 5.56 Å². The van der Waals surface area contributed by atoms with E-state index in [4.69, 9.17) is 0 Å². The SMILES string of the molecule is CNCC(F)(F)CN(Cc1ccccc1)C(C)C. The molecule has 0 aliphatic rings. The molecule has 1 rings (SSSR count). The van der Waals surface area contributed by atoms with Crippen LogP contribution in [0.15, 0.2) is 30.3 Å². The number of hydrogen-bond donors (Lipinski definition) is 1. The highest BCUT2D eigenvalue weighted by molar-refractivity contribution is 5.14. The van der Waals surface area contributed by atoms with Crippen molar-refractivity contribution in [2.45, 2.75) is 32.4 Å². The van der Waals surface area contributed by atoms with Crippen LogP contribution < -0.4 is 5.32 Å². The van der Waals surface area contributed by atoms with E-state index in [1.54, 1.807) is 11.9 Å². The van der Waals surface area contributed by atoms with E-state index in [1.807, 2.05) is 44.2 Å². The average molecular weight is 256 g/mol. The zero-order valence-corrected chi connectivity index (χ0v) is 11.3. The third kappa shape index (κ3) is 5.10. The molecule has 0 aliphatic carbocycles. The highest BCUT2D eigenvalue weighted by atomic mass is 19.3. The van der Waals surface area contributed by atoms with Gasteiger partial charge in [0.25, 0.3) is 5.92 Å². The van der Waals surface area contributed by atoms with Crippen LogP contribution in [0.4, 0.5) is 8.78 Å². The molecule has 0 aromatic heterocycles. The molecule has 0 heterocycles. The maximum Gasteiger partial charge on any atom is 0.272 e. The second-order valence-corrected chi connectivity index (χ2v) is 4.87. The van der Waals surface area contributed by atoms with Gasteiger partial charge in [0.05, 0.1) is 13.1 Å². The lowest BCUT2D eigenvalue weighted by Gasteiger charge is -2.30. The molecule has 4 heteroatoms. The largest absolute Gasteiger partial charge is 0.314 e. The van der Waals surface area contributed by atoms with Crippen molar-refractivity contribution in [1.82, 2.24) is 10.2 Å². The van der Waals surface area contributed by atoms with Crippen molar-refractivity contribution >= 4 is 0 Å². The number of nitrogens with one attached hydrogen (secondary N) is 1. The van der Waals surface area contributed by atoms with Crippen LogP contribution >= 0.6 is 0 Å². The van der Waals surface area contributed by atoms with Crippen LogP contribution in [0.5, 0.6) is 0 Å². The minimum Gasteiger partial charge on any atom is -0.314 e. The molecule has 0 atom stereocenters. The van der Waals surface area contributed by atoms with Gasteiger partial charge in [-0.05, 0) is 26.5 Å². The molecule has 1 aromatic rings. The van der Waals surface area contributed by atoms with E-state index in [9.17, 15) is 8.78 Å². The Kier molecular flexibility index (Phi) is 5.69. The number of benzene rings is 1. The standard InChI is InChI=1S/C14H22F2N2/c1-12(2)18(11-14(15,16)10-17-3)9-13-7-5-4-6-8-13/h4-8,12,17H,9-11H2,1-3H3. The van der Waals surface area contributed by atoms with Crippen LogP contribution in [0.3, 0.4) is 0 Å². The number of nitrogens with zero attached hydrogens (tertiary/aromatic N) is 1. The highest BCUT2D eigenvalue weighted by Gasteiger charge is 2.31. The van der Waals surface area contributed by atoms with Gasteiger partial charge in [0.2, 0.25) is 0 Å².